The van der Waals surface area contributed by atoms with Crippen molar-refractivity contribution in [2.45, 2.75) is 44.3 Å². The van der Waals surface area contributed by atoms with E-state index in [1.807, 2.05) is 13.0 Å². The van der Waals surface area contributed by atoms with Gasteiger partial charge >= 0.3 is 0 Å². The minimum absolute atomic E-state index is 0.262. The van der Waals surface area contributed by atoms with Crippen LogP contribution < -0.4 is 20.7 Å². The Morgan fingerprint density at radius 1 is 1.27 bits per heavy atom. The highest BCUT2D eigenvalue weighted by molar-refractivity contribution is 7.29. The van der Waals surface area contributed by atoms with Gasteiger partial charge in [0.1, 0.15) is 27.9 Å². The van der Waals surface area contributed by atoms with E-state index in [4.69, 9.17) is 10.5 Å². The van der Waals surface area contributed by atoms with E-state index in [0.29, 0.717) is 47.0 Å². The highest BCUT2D eigenvalue weighted by atomic mass is 32.1. The number of hydrogen-bond donors (Lipinski definition) is 2. The number of carbonyl (C=O) groups excluding carboxylic acids is 1. The number of nitrogen functional groups attached to an aromatic ring is 1. The standard InChI is InChI=1S/C23H26FN5O2S2/c1-11-26-23-21(32-11)19(25)20(33-23)22(30)27-12-5-16-17(24)6-15(7-18(16)31-10-12)29-8-13-3-4-14(9-29)28(13)2/h6-7,12-14H,3-5,8-10,25H2,1-2H3,(H,27,30)/t12-,13?,14?/m0/s1. The number of halogens is 1. The molecule has 3 aromatic rings. The lowest BCUT2D eigenvalue weighted by Crippen LogP contribution is -2.52. The monoisotopic (exact) mass is 487 g/mol. The average molecular weight is 488 g/mol. The van der Waals surface area contributed by atoms with Gasteiger partial charge in [-0.3, -0.25) is 9.69 Å². The molecule has 0 radical (unpaired) electrons. The highest BCUT2D eigenvalue weighted by Crippen LogP contribution is 2.38. The Morgan fingerprint density at radius 2 is 2.03 bits per heavy atom. The summed E-state index contributed by atoms with van der Waals surface area (Å²) in [6.07, 6.45) is 2.79. The summed E-state index contributed by atoms with van der Waals surface area (Å²) in [6.45, 7) is 4.05. The number of amides is 1. The Hall–Kier alpha value is -2.43. The van der Waals surface area contributed by atoms with Crippen LogP contribution in [0.3, 0.4) is 0 Å². The van der Waals surface area contributed by atoms with Gasteiger partial charge in [-0.25, -0.2) is 9.37 Å². The molecule has 0 saturated carbocycles. The molecule has 1 amide bonds. The number of nitrogens with one attached hydrogen (secondary N) is 1. The molecule has 2 bridgehead atoms. The number of hydrogen-bond acceptors (Lipinski definition) is 8. The van der Waals surface area contributed by atoms with Gasteiger partial charge in [0.2, 0.25) is 0 Å². The molecule has 0 spiro atoms. The summed E-state index contributed by atoms with van der Waals surface area (Å²) in [4.78, 5) is 23.3. The lowest BCUT2D eigenvalue weighted by atomic mass is 10.0. The second-order valence-corrected chi connectivity index (χ2v) is 11.5. The van der Waals surface area contributed by atoms with Crippen molar-refractivity contribution in [2.75, 3.05) is 37.4 Å². The minimum Gasteiger partial charge on any atom is -0.491 e. The third-order valence-electron chi connectivity index (χ3n) is 7.17. The van der Waals surface area contributed by atoms with Crippen LogP contribution in [0, 0.1) is 12.7 Å². The molecule has 2 unspecified atom stereocenters. The number of ether oxygens (including phenoxy) is 1. The molecular formula is C23H26FN5O2S2. The van der Waals surface area contributed by atoms with E-state index in [-0.39, 0.29) is 17.8 Å². The maximum absolute atomic E-state index is 15.2. The minimum atomic E-state index is -0.320. The molecule has 33 heavy (non-hydrogen) atoms. The van der Waals surface area contributed by atoms with Crippen molar-refractivity contribution >= 4 is 49.5 Å². The van der Waals surface area contributed by atoms with Crippen LogP contribution in [0.5, 0.6) is 5.75 Å². The number of anilines is 2. The number of aromatic nitrogens is 1. The lowest BCUT2D eigenvalue weighted by molar-refractivity contribution is 0.0919. The van der Waals surface area contributed by atoms with Gasteiger partial charge in [-0.1, -0.05) is 0 Å². The molecule has 2 aromatic heterocycles. The van der Waals surface area contributed by atoms with Gasteiger partial charge in [-0.2, -0.15) is 0 Å². The molecule has 174 valence electrons. The number of rotatable bonds is 3. The fraction of sp³-hybridized carbons (Fsp3) is 0.478. The molecule has 2 fully saturated rings. The molecule has 2 saturated heterocycles. The summed E-state index contributed by atoms with van der Waals surface area (Å²) in [7, 11) is 2.19. The second-order valence-electron chi connectivity index (χ2n) is 9.26. The third kappa shape index (κ3) is 3.55. The molecule has 3 N–H and O–H groups in total. The van der Waals surface area contributed by atoms with Gasteiger partial charge < -0.3 is 20.7 Å². The zero-order valence-electron chi connectivity index (χ0n) is 18.6. The molecule has 7 nitrogen and oxygen atoms in total. The number of carbonyl (C=O) groups is 1. The second kappa shape index (κ2) is 7.82. The van der Waals surface area contributed by atoms with E-state index >= 15 is 4.39 Å². The first-order chi connectivity index (χ1) is 15.9. The van der Waals surface area contributed by atoms with Gasteiger partial charge in [0, 0.05) is 48.9 Å². The first-order valence-corrected chi connectivity index (χ1v) is 12.9. The molecule has 3 atom stereocenters. The smallest absolute Gasteiger partial charge is 0.263 e. The van der Waals surface area contributed by atoms with E-state index in [9.17, 15) is 4.79 Å². The summed E-state index contributed by atoms with van der Waals surface area (Å²) < 4.78 is 21.9. The summed E-state index contributed by atoms with van der Waals surface area (Å²) in [5, 5.41) is 3.90. The predicted molar refractivity (Wildman–Crippen MR) is 130 cm³/mol. The molecule has 3 aliphatic rings. The Morgan fingerprint density at radius 3 is 2.76 bits per heavy atom. The summed E-state index contributed by atoms with van der Waals surface area (Å²) in [5.74, 6) is 0.0449. The van der Waals surface area contributed by atoms with Crippen LogP contribution in [-0.2, 0) is 6.42 Å². The van der Waals surface area contributed by atoms with Crippen LogP contribution >= 0.6 is 22.7 Å². The number of thiazole rings is 1. The average Bonchev–Trinajstić information content (AvgIpc) is 3.35. The normalized spacial score (nSPS) is 24.7. The molecule has 10 heteroatoms. The van der Waals surface area contributed by atoms with Crippen molar-refractivity contribution < 1.29 is 13.9 Å². The van der Waals surface area contributed by atoms with Crippen LogP contribution in [-0.4, -0.2) is 60.7 Å². The quantitative estimate of drug-likeness (QED) is 0.589. The number of aryl methyl sites for hydroxylation is 1. The predicted octanol–water partition coefficient (Wildman–Crippen LogP) is 3.40. The van der Waals surface area contributed by atoms with Gasteiger partial charge in [-0.05, 0) is 32.9 Å². The third-order valence-corrected chi connectivity index (χ3v) is 9.41. The van der Waals surface area contributed by atoms with Gasteiger partial charge in [0.15, 0.2) is 0 Å². The van der Waals surface area contributed by atoms with Crippen LogP contribution in [0.1, 0.15) is 33.1 Å². The zero-order chi connectivity index (χ0) is 22.9. The molecular weight excluding hydrogens is 461 g/mol. The number of likely N-dealkylation sites (N-methyl/N-ethyl adjacent to an activating group) is 1. The van der Waals surface area contributed by atoms with Crippen molar-refractivity contribution in [3.8, 4) is 5.75 Å². The number of nitrogens with zero attached hydrogens (tertiary/aromatic N) is 3. The van der Waals surface area contributed by atoms with Gasteiger partial charge in [-0.15, -0.1) is 22.7 Å². The van der Waals surface area contributed by atoms with Crippen LogP contribution in [0.25, 0.3) is 9.53 Å². The molecule has 1 aromatic carbocycles. The number of benzene rings is 1. The van der Waals surface area contributed by atoms with Crippen LogP contribution in [0.4, 0.5) is 15.8 Å². The number of thiophene rings is 1. The van der Waals surface area contributed by atoms with E-state index < -0.39 is 0 Å². The molecule has 3 aliphatic heterocycles. The van der Waals surface area contributed by atoms with E-state index in [1.165, 1.54) is 35.5 Å². The van der Waals surface area contributed by atoms with Crippen molar-refractivity contribution in [3.63, 3.8) is 0 Å². The topological polar surface area (TPSA) is 83.7 Å². The molecule has 0 aliphatic carbocycles. The number of fused-ring (bicyclic) bond motifs is 4. The molecule has 5 heterocycles. The van der Waals surface area contributed by atoms with Crippen LogP contribution in [0.2, 0.25) is 0 Å². The van der Waals surface area contributed by atoms with Crippen molar-refractivity contribution in [1.29, 1.82) is 0 Å². The van der Waals surface area contributed by atoms with Crippen molar-refractivity contribution in [1.82, 2.24) is 15.2 Å². The first-order valence-electron chi connectivity index (χ1n) is 11.3. The van der Waals surface area contributed by atoms with Gasteiger partial charge in [0.05, 0.1) is 21.4 Å². The van der Waals surface area contributed by atoms with E-state index in [0.717, 1.165) is 33.3 Å². The maximum Gasteiger partial charge on any atom is 0.263 e. The Kier molecular flexibility index (Phi) is 5.00. The Bertz CT molecular complexity index is 1240. The molecule has 6 rings (SSSR count). The maximum atomic E-state index is 15.2. The Balaban J connectivity index is 1.18. The first kappa shape index (κ1) is 21.1. The van der Waals surface area contributed by atoms with Crippen molar-refractivity contribution in [2.24, 2.45) is 0 Å². The number of piperazine rings is 1. The number of nitrogens with two attached hydrogens (primary N) is 1. The van der Waals surface area contributed by atoms with Crippen molar-refractivity contribution in [3.05, 3.63) is 33.4 Å². The Labute approximate surface area is 199 Å². The largest absolute Gasteiger partial charge is 0.491 e. The van der Waals surface area contributed by atoms with E-state index in [1.54, 1.807) is 6.07 Å². The van der Waals surface area contributed by atoms with Gasteiger partial charge in [0.25, 0.3) is 5.91 Å². The van der Waals surface area contributed by atoms with E-state index in [2.05, 4.69) is 27.1 Å². The van der Waals surface area contributed by atoms with Crippen LogP contribution in [0.15, 0.2) is 12.1 Å². The fourth-order valence-electron chi connectivity index (χ4n) is 5.34. The summed E-state index contributed by atoms with van der Waals surface area (Å²) >= 11 is 2.78. The fourth-order valence-corrected chi connectivity index (χ4v) is 7.43. The summed E-state index contributed by atoms with van der Waals surface area (Å²) in [6, 6.07) is 4.32. The lowest BCUT2D eigenvalue weighted by Gasteiger charge is -2.40. The highest BCUT2D eigenvalue weighted by Gasteiger charge is 2.38. The SMILES string of the molecule is Cc1nc2sc(C(=O)N[C@@H]3COc4cc(N5CC6CCC(C5)N6C)cc(F)c4C3)c(N)c2s1. The zero-order valence-corrected chi connectivity index (χ0v) is 20.2. The summed E-state index contributed by atoms with van der Waals surface area (Å²) in [5.41, 5.74) is 8.07.